The molecule has 0 saturated heterocycles. The largest absolute Gasteiger partial charge is 0.396 e. The summed E-state index contributed by atoms with van der Waals surface area (Å²) in [5, 5.41) is 3.32. The Kier molecular flexibility index (Phi) is 5.56. The molecular formula is C14H23FN2O. The maximum absolute atomic E-state index is 13.2. The molecule has 1 aromatic rings. The molecule has 0 bridgehead atoms. The summed E-state index contributed by atoms with van der Waals surface area (Å²) in [6, 6.07) is 4.90. The summed E-state index contributed by atoms with van der Waals surface area (Å²) in [5.41, 5.74) is 6.87. The second-order valence-electron chi connectivity index (χ2n) is 5.32. The van der Waals surface area contributed by atoms with Crippen molar-refractivity contribution in [3.8, 4) is 0 Å². The average Bonchev–Trinajstić information content (AvgIpc) is 2.32. The lowest BCUT2D eigenvalue weighted by Gasteiger charge is -2.24. The molecular weight excluding hydrogens is 231 g/mol. The third-order valence-corrected chi connectivity index (χ3v) is 3.05. The molecule has 0 aliphatic carbocycles. The Morgan fingerprint density at radius 1 is 1.39 bits per heavy atom. The molecule has 0 atom stereocenters. The van der Waals surface area contributed by atoms with Gasteiger partial charge in [-0.15, -0.1) is 0 Å². The van der Waals surface area contributed by atoms with E-state index in [9.17, 15) is 4.39 Å². The van der Waals surface area contributed by atoms with Crippen LogP contribution in [0.1, 0.15) is 25.8 Å². The van der Waals surface area contributed by atoms with Gasteiger partial charge in [0.1, 0.15) is 5.82 Å². The standard InChI is InChI=1S/C14H23FN2O/c1-14(2,7-8-18-3)10-17-9-11-5-4-6-12(15)13(11)16/h4-6,17H,7-10,16H2,1-3H3. The first-order valence-electron chi connectivity index (χ1n) is 6.19. The highest BCUT2D eigenvalue weighted by Crippen LogP contribution is 2.20. The van der Waals surface area contributed by atoms with Crippen LogP contribution in [0.5, 0.6) is 0 Å². The second kappa shape index (κ2) is 6.71. The van der Waals surface area contributed by atoms with Gasteiger partial charge in [-0.1, -0.05) is 26.0 Å². The Bertz CT molecular complexity index is 380. The van der Waals surface area contributed by atoms with Crippen LogP contribution in [0.3, 0.4) is 0 Å². The highest BCUT2D eigenvalue weighted by molar-refractivity contribution is 5.47. The van der Waals surface area contributed by atoms with Gasteiger partial charge in [0.15, 0.2) is 0 Å². The van der Waals surface area contributed by atoms with E-state index in [1.165, 1.54) is 6.07 Å². The van der Waals surface area contributed by atoms with Crippen molar-refractivity contribution in [2.45, 2.75) is 26.8 Å². The highest BCUT2D eigenvalue weighted by Gasteiger charge is 2.17. The van der Waals surface area contributed by atoms with Crippen molar-refractivity contribution >= 4 is 5.69 Å². The predicted octanol–water partition coefficient (Wildman–Crippen LogP) is 2.56. The zero-order valence-corrected chi connectivity index (χ0v) is 11.4. The molecule has 3 nitrogen and oxygen atoms in total. The first-order valence-corrected chi connectivity index (χ1v) is 6.19. The fourth-order valence-corrected chi connectivity index (χ4v) is 1.74. The van der Waals surface area contributed by atoms with E-state index in [-0.39, 0.29) is 16.9 Å². The molecule has 0 heterocycles. The van der Waals surface area contributed by atoms with Gasteiger partial charge in [-0.3, -0.25) is 0 Å². The van der Waals surface area contributed by atoms with Gasteiger partial charge in [0.05, 0.1) is 5.69 Å². The lowest BCUT2D eigenvalue weighted by atomic mass is 9.89. The third-order valence-electron chi connectivity index (χ3n) is 3.05. The number of rotatable bonds is 7. The zero-order chi connectivity index (χ0) is 13.6. The van der Waals surface area contributed by atoms with Crippen LogP contribution in [0.2, 0.25) is 0 Å². The maximum Gasteiger partial charge on any atom is 0.146 e. The Morgan fingerprint density at radius 2 is 2.11 bits per heavy atom. The van der Waals surface area contributed by atoms with Gasteiger partial charge in [0.2, 0.25) is 0 Å². The van der Waals surface area contributed by atoms with Crippen LogP contribution in [0.4, 0.5) is 10.1 Å². The number of benzene rings is 1. The number of anilines is 1. The van der Waals surface area contributed by atoms with Gasteiger partial charge in [-0.05, 0) is 23.5 Å². The minimum Gasteiger partial charge on any atom is -0.396 e. The van der Waals surface area contributed by atoms with E-state index < -0.39 is 0 Å². The summed E-state index contributed by atoms with van der Waals surface area (Å²) >= 11 is 0. The fourth-order valence-electron chi connectivity index (χ4n) is 1.74. The number of nitrogens with one attached hydrogen (secondary N) is 1. The number of nitrogens with two attached hydrogens (primary N) is 1. The molecule has 0 saturated carbocycles. The first kappa shape index (κ1) is 14.9. The summed E-state index contributed by atoms with van der Waals surface area (Å²) in [6.07, 6.45) is 0.981. The Morgan fingerprint density at radius 3 is 2.78 bits per heavy atom. The molecule has 4 heteroatoms. The predicted molar refractivity (Wildman–Crippen MR) is 72.8 cm³/mol. The molecule has 0 spiro atoms. The van der Waals surface area contributed by atoms with Gasteiger partial charge in [-0.25, -0.2) is 4.39 Å². The van der Waals surface area contributed by atoms with Gasteiger partial charge in [0.25, 0.3) is 0 Å². The summed E-state index contributed by atoms with van der Waals surface area (Å²) in [4.78, 5) is 0. The first-order chi connectivity index (χ1) is 8.46. The highest BCUT2D eigenvalue weighted by atomic mass is 19.1. The van der Waals surface area contributed by atoms with E-state index in [0.717, 1.165) is 25.1 Å². The summed E-state index contributed by atoms with van der Waals surface area (Å²) < 4.78 is 18.3. The van der Waals surface area contributed by atoms with Crippen LogP contribution in [0.15, 0.2) is 18.2 Å². The Hall–Kier alpha value is -1.13. The Labute approximate surface area is 109 Å². The number of nitrogen functional groups attached to an aromatic ring is 1. The van der Waals surface area contributed by atoms with Crippen molar-refractivity contribution in [3.63, 3.8) is 0 Å². The SMILES string of the molecule is COCCC(C)(C)CNCc1cccc(F)c1N. The number of halogens is 1. The molecule has 0 aliphatic rings. The van der Waals surface area contributed by atoms with Crippen LogP contribution < -0.4 is 11.1 Å². The second-order valence-corrected chi connectivity index (χ2v) is 5.32. The van der Waals surface area contributed by atoms with Gasteiger partial charge in [0, 0.05) is 26.8 Å². The molecule has 0 amide bonds. The topological polar surface area (TPSA) is 47.3 Å². The quantitative estimate of drug-likeness (QED) is 0.735. The lowest BCUT2D eigenvalue weighted by Crippen LogP contribution is -2.30. The van der Waals surface area contributed by atoms with Crippen molar-refractivity contribution in [2.24, 2.45) is 5.41 Å². The molecule has 1 aromatic carbocycles. The van der Waals surface area contributed by atoms with E-state index in [2.05, 4.69) is 19.2 Å². The van der Waals surface area contributed by atoms with Crippen molar-refractivity contribution in [2.75, 3.05) is 26.0 Å². The third kappa shape index (κ3) is 4.63. The Balaban J connectivity index is 2.44. The van der Waals surface area contributed by atoms with Gasteiger partial charge < -0.3 is 15.8 Å². The monoisotopic (exact) mass is 254 g/mol. The van der Waals surface area contributed by atoms with Crippen LogP contribution in [0, 0.1) is 11.2 Å². The van der Waals surface area contributed by atoms with Crippen LogP contribution in [-0.4, -0.2) is 20.3 Å². The summed E-state index contributed by atoms with van der Waals surface area (Å²) in [7, 11) is 1.71. The van der Waals surface area contributed by atoms with E-state index in [4.69, 9.17) is 10.5 Å². The number of para-hydroxylation sites is 1. The zero-order valence-electron chi connectivity index (χ0n) is 11.4. The average molecular weight is 254 g/mol. The van der Waals surface area contributed by atoms with Crippen molar-refractivity contribution in [3.05, 3.63) is 29.6 Å². The molecule has 3 N–H and O–H groups in total. The van der Waals surface area contributed by atoms with E-state index in [1.807, 2.05) is 6.07 Å². The van der Waals surface area contributed by atoms with Crippen molar-refractivity contribution < 1.29 is 9.13 Å². The number of methoxy groups -OCH3 is 1. The molecule has 0 radical (unpaired) electrons. The van der Waals surface area contributed by atoms with Crippen LogP contribution in [-0.2, 0) is 11.3 Å². The van der Waals surface area contributed by atoms with Crippen molar-refractivity contribution in [1.82, 2.24) is 5.32 Å². The maximum atomic E-state index is 13.2. The number of hydrogen-bond acceptors (Lipinski definition) is 3. The molecule has 0 fully saturated rings. The molecule has 0 unspecified atom stereocenters. The summed E-state index contributed by atoms with van der Waals surface area (Å²) in [6.45, 7) is 6.52. The molecule has 102 valence electrons. The van der Waals surface area contributed by atoms with Gasteiger partial charge >= 0.3 is 0 Å². The molecule has 1 rings (SSSR count). The van der Waals surface area contributed by atoms with E-state index in [0.29, 0.717) is 6.54 Å². The normalized spacial score (nSPS) is 11.8. The van der Waals surface area contributed by atoms with Crippen LogP contribution >= 0.6 is 0 Å². The molecule has 18 heavy (non-hydrogen) atoms. The molecule has 0 aliphatic heterocycles. The lowest BCUT2D eigenvalue weighted by molar-refractivity contribution is 0.150. The summed E-state index contributed by atoms with van der Waals surface area (Å²) in [5.74, 6) is -0.354. The van der Waals surface area contributed by atoms with Crippen molar-refractivity contribution in [1.29, 1.82) is 0 Å². The number of ether oxygens (including phenoxy) is 1. The smallest absolute Gasteiger partial charge is 0.146 e. The minimum absolute atomic E-state index is 0.151. The number of hydrogen-bond donors (Lipinski definition) is 2. The minimum atomic E-state index is -0.354. The van der Waals surface area contributed by atoms with E-state index >= 15 is 0 Å². The van der Waals surface area contributed by atoms with Crippen LogP contribution in [0.25, 0.3) is 0 Å². The molecule has 0 aromatic heterocycles. The fraction of sp³-hybridized carbons (Fsp3) is 0.571. The van der Waals surface area contributed by atoms with Gasteiger partial charge in [-0.2, -0.15) is 0 Å². The van der Waals surface area contributed by atoms with E-state index in [1.54, 1.807) is 13.2 Å².